The van der Waals surface area contributed by atoms with Crippen LogP contribution in [-0.4, -0.2) is 64.6 Å². The largest absolute Gasteiger partial charge is 0.393 e. The molecule has 2 heterocycles. The molecule has 2 saturated carbocycles. The first-order chi connectivity index (χ1) is 25.0. The molecule has 6 aliphatic rings. The van der Waals surface area contributed by atoms with E-state index < -0.39 is 6.04 Å². The van der Waals surface area contributed by atoms with Crippen LogP contribution in [0.3, 0.4) is 0 Å². The Labute approximate surface area is 311 Å². The van der Waals surface area contributed by atoms with Crippen LogP contribution in [0.1, 0.15) is 113 Å². The fourth-order valence-corrected chi connectivity index (χ4v) is 12.3. The van der Waals surface area contributed by atoms with Crippen LogP contribution >= 0.6 is 0 Å². The standard InChI is InChI=1S/C46H60N2O4/c1-28-23-42-43(48(27-28)22-8-11-41(50)40(47)24-31-12-14-33(15-13-31)44(51)32-9-6-5-7-10-32)30(3)46(52-42)21-19-36-37-17-16-34-25-35(49)18-20-45(34,4)39(37)26-38(36)29(46)2/h5-7,9-10,12-16,28,30,35-37,39-40,42-43,49H,8,11,17-27,47H2,1-4H3/t28-,30+,35-,36-,37-,39-,40-,42+,43-,45-,46-/m0/s1. The van der Waals surface area contributed by atoms with E-state index in [1.54, 1.807) is 11.1 Å². The number of hydrogen-bond donors (Lipinski definition) is 2. The highest BCUT2D eigenvalue weighted by atomic mass is 16.5. The maximum Gasteiger partial charge on any atom is 0.193 e. The Morgan fingerprint density at radius 2 is 1.77 bits per heavy atom. The van der Waals surface area contributed by atoms with Crippen LogP contribution in [0, 0.1) is 35.0 Å². The molecule has 2 aliphatic heterocycles. The Kier molecular flexibility index (Phi) is 9.76. The molecule has 8 rings (SSSR count). The highest BCUT2D eigenvalue weighted by Crippen LogP contribution is 2.65. The number of carbonyl (C=O) groups is 2. The SMILES string of the molecule is CC1=C2C[C@H]3[C@@H](CC=C4C[C@@H](O)CC[C@@]43C)[C@@H]2CC[C@]12O[C@@H]1C[C@H](C)CN(CCCC(=O)[C@@H](N)Cc3ccc(C(=O)c4ccccc4)cc3)[C@H]1[C@H]2C. The van der Waals surface area contributed by atoms with Crippen LogP contribution in [0.2, 0.25) is 0 Å². The van der Waals surface area contributed by atoms with E-state index in [9.17, 15) is 14.7 Å². The van der Waals surface area contributed by atoms with Gasteiger partial charge in [-0.2, -0.15) is 0 Å². The number of rotatable bonds is 9. The van der Waals surface area contributed by atoms with Crippen LogP contribution < -0.4 is 5.73 Å². The number of nitrogens with two attached hydrogens (primary N) is 1. The molecule has 52 heavy (non-hydrogen) atoms. The van der Waals surface area contributed by atoms with Crippen LogP contribution in [-0.2, 0) is 16.0 Å². The fourth-order valence-electron chi connectivity index (χ4n) is 12.3. The van der Waals surface area contributed by atoms with Crippen molar-refractivity contribution in [1.29, 1.82) is 0 Å². The Morgan fingerprint density at radius 1 is 1.02 bits per heavy atom. The summed E-state index contributed by atoms with van der Waals surface area (Å²) in [5, 5.41) is 10.5. The van der Waals surface area contributed by atoms with E-state index in [-0.39, 0.29) is 34.8 Å². The van der Waals surface area contributed by atoms with E-state index in [4.69, 9.17) is 10.5 Å². The second-order valence-corrected chi connectivity index (χ2v) is 18.0. The number of hydrogen-bond acceptors (Lipinski definition) is 6. The summed E-state index contributed by atoms with van der Waals surface area (Å²) in [6, 6.07) is 16.7. The number of likely N-dealkylation sites (tertiary alicyclic amines) is 1. The van der Waals surface area contributed by atoms with Crippen molar-refractivity contribution in [2.24, 2.45) is 40.7 Å². The van der Waals surface area contributed by atoms with Gasteiger partial charge in [-0.3, -0.25) is 14.5 Å². The predicted octanol–water partition coefficient (Wildman–Crippen LogP) is 7.86. The number of allylic oxidation sites excluding steroid dienone is 2. The van der Waals surface area contributed by atoms with E-state index in [1.165, 1.54) is 24.8 Å². The van der Waals surface area contributed by atoms with Crippen LogP contribution in [0.25, 0.3) is 0 Å². The lowest BCUT2D eigenvalue weighted by Crippen LogP contribution is -2.52. The van der Waals surface area contributed by atoms with Crippen molar-refractivity contribution in [3.63, 3.8) is 0 Å². The van der Waals surface area contributed by atoms with Gasteiger partial charge in [0.1, 0.15) is 5.78 Å². The molecule has 3 N–H and O–H groups in total. The number of ketones is 2. The van der Waals surface area contributed by atoms with Gasteiger partial charge in [0, 0.05) is 36.1 Å². The van der Waals surface area contributed by atoms with Crippen molar-refractivity contribution in [2.45, 2.75) is 128 Å². The second kappa shape index (κ2) is 14.1. The Hall–Kier alpha value is -2.90. The Balaban J connectivity index is 0.899. The lowest BCUT2D eigenvalue weighted by atomic mass is 9.56. The summed E-state index contributed by atoms with van der Waals surface area (Å²) in [6.07, 6.45) is 13.1. The third-order valence-electron chi connectivity index (χ3n) is 15.1. The highest BCUT2D eigenvalue weighted by Gasteiger charge is 2.61. The van der Waals surface area contributed by atoms with Crippen LogP contribution in [0.5, 0.6) is 0 Å². The van der Waals surface area contributed by atoms with Gasteiger partial charge < -0.3 is 15.6 Å². The average molecular weight is 705 g/mol. The lowest BCUT2D eigenvalue weighted by Gasteiger charge is -2.49. The first-order valence-corrected chi connectivity index (χ1v) is 20.4. The molecule has 2 saturated heterocycles. The molecule has 278 valence electrons. The number of nitrogens with zero attached hydrogens (tertiary/aromatic N) is 1. The number of fused-ring (bicyclic) bond motifs is 6. The Morgan fingerprint density at radius 3 is 2.54 bits per heavy atom. The first kappa shape index (κ1) is 36.1. The molecule has 0 unspecified atom stereocenters. The maximum atomic E-state index is 13.3. The average Bonchev–Trinajstić information content (AvgIpc) is 3.66. The molecule has 4 aliphatic carbocycles. The van der Waals surface area contributed by atoms with Crippen LogP contribution in [0.15, 0.2) is 77.4 Å². The summed E-state index contributed by atoms with van der Waals surface area (Å²) >= 11 is 0. The minimum Gasteiger partial charge on any atom is -0.393 e. The minimum atomic E-state index is -0.549. The Bertz CT molecular complexity index is 1730. The molecule has 4 fully saturated rings. The quantitative estimate of drug-likeness (QED) is 0.204. The van der Waals surface area contributed by atoms with Gasteiger partial charge in [-0.1, -0.05) is 92.6 Å². The number of aliphatic hydroxyl groups excluding tert-OH is 1. The first-order valence-electron chi connectivity index (χ1n) is 20.4. The van der Waals surface area contributed by atoms with Gasteiger partial charge in [0.05, 0.1) is 23.9 Å². The zero-order valence-corrected chi connectivity index (χ0v) is 31.9. The molecular weight excluding hydrogens is 645 g/mol. The van der Waals surface area contributed by atoms with Gasteiger partial charge in [-0.15, -0.1) is 0 Å². The minimum absolute atomic E-state index is 0.00244. The van der Waals surface area contributed by atoms with Gasteiger partial charge in [0.2, 0.25) is 0 Å². The number of carbonyl (C=O) groups excluding carboxylic acids is 2. The summed E-state index contributed by atoms with van der Waals surface area (Å²) in [4.78, 5) is 28.8. The molecular formula is C46H60N2O4. The van der Waals surface area contributed by atoms with Gasteiger partial charge in [-0.05, 0) is 118 Å². The topological polar surface area (TPSA) is 92.9 Å². The van der Waals surface area contributed by atoms with Crippen molar-refractivity contribution in [1.82, 2.24) is 4.90 Å². The lowest BCUT2D eigenvalue weighted by molar-refractivity contribution is -0.120. The van der Waals surface area contributed by atoms with Gasteiger partial charge in [0.15, 0.2) is 5.78 Å². The number of ether oxygens (including phenoxy) is 1. The van der Waals surface area contributed by atoms with Crippen molar-refractivity contribution in [2.75, 3.05) is 13.1 Å². The molecule has 0 aromatic heterocycles. The number of Topliss-reactive ketones (excluding diaryl/α,β-unsaturated/α-hetero) is 1. The van der Waals surface area contributed by atoms with E-state index in [0.29, 0.717) is 53.7 Å². The number of aliphatic hydroxyl groups is 1. The predicted molar refractivity (Wildman–Crippen MR) is 206 cm³/mol. The summed E-state index contributed by atoms with van der Waals surface area (Å²) in [7, 11) is 0. The molecule has 0 bridgehead atoms. The molecule has 2 aromatic rings. The molecule has 6 heteroatoms. The van der Waals surface area contributed by atoms with Crippen LogP contribution in [0.4, 0.5) is 0 Å². The summed E-state index contributed by atoms with van der Waals surface area (Å²) < 4.78 is 7.35. The smallest absolute Gasteiger partial charge is 0.193 e. The van der Waals surface area contributed by atoms with E-state index >= 15 is 0 Å². The summed E-state index contributed by atoms with van der Waals surface area (Å²) in [5.41, 5.74) is 13.6. The molecule has 0 radical (unpaired) electrons. The second-order valence-electron chi connectivity index (χ2n) is 18.0. The zero-order chi connectivity index (χ0) is 36.4. The molecule has 11 atom stereocenters. The van der Waals surface area contributed by atoms with E-state index in [0.717, 1.165) is 63.1 Å². The molecule has 1 spiro atoms. The van der Waals surface area contributed by atoms with Gasteiger partial charge >= 0.3 is 0 Å². The summed E-state index contributed by atoms with van der Waals surface area (Å²) in [6.45, 7) is 11.7. The molecule has 2 aromatic carbocycles. The van der Waals surface area contributed by atoms with Gasteiger partial charge in [-0.25, -0.2) is 0 Å². The molecule has 6 nitrogen and oxygen atoms in total. The zero-order valence-electron chi connectivity index (χ0n) is 31.9. The maximum absolute atomic E-state index is 13.3. The third-order valence-corrected chi connectivity index (χ3v) is 15.1. The van der Waals surface area contributed by atoms with Crippen molar-refractivity contribution in [3.05, 3.63) is 94.1 Å². The third kappa shape index (κ3) is 6.20. The monoisotopic (exact) mass is 704 g/mol. The molecule has 0 amide bonds. The van der Waals surface area contributed by atoms with Crippen molar-refractivity contribution in [3.8, 4) is 0 Å². The van der Waals surface area contributed by atoms with E-state index in [1.807, 2.05) is 54.6 Å². The highest BCUT2D eigenvalue weighted by molar-refractivity contribution is 6.08. The van der Waals surface area contributed by atoms with Crippen molar-refractivity contribution >= 4 is 11.6 Å². The summed E-state index contributed by atoms with van der Waals surface area (Å²) in [5.74, 6) is 3.17. The normalized spacial score (nSPS) is 37.5. The number of benzene rings is 2. The van der Waals surface area contributed by atoms with Gasteiger partial charge in [0.25, 0.3) is 0 Å². The number of piperidine rings is 1. The fraction of sp³-hybridized carbons (Fsp3) is 0.609. The van der Waals surface area contributed by atoms with E-state index in [2.05, 4.69) is 38.7 Å². The van der Waals surface area contributed by atoms with Crippen molar-refractivity contribution < 1.29 is 19.4 Å².